The van der Waals surface area contributed by atoms with Gasteiger partial charge in [0.15, 0.2) is 0 Å². The standard InChI is InChI=1S/C21H15/c1-2-8-16(9-3-1)20-12-6-7-13-21(20)19-14-17-10-4-5-11-18(17)15-19/h1-15H. The van der Waals surface area contributed by atoms with Crippen molar-refractivity contribution < 1.29 is 0 Å². The van der Waals surface area contributed by atoms with E-state index in [9.17, 15) is 0 Å². The Morgan fingerprint density at radius 3 is 1.86 bits per heavy atom. The monoisotopic (exact) mass is 267 g/mol. The van der Waals surface area contributed by atoms with Crippen LogP contribution in [-0.4, -0.2) is 0 Å². The number of allylic oxidation sites excluding steroid dienone is 1. The quantitative estimate of drug-likeness (QED) is 0.578. The maximum absolute atomic E-state index is 2.27. The van der Waals surface area contributed by atoms with Crippen molar-refractivity contribution in [2.45, 2.75) is 0 Å². The third kappa shape index (κ3) is 2.19. The molecular formula is C21H15. The summed E-state index contributed by atoms with van der Waals surface area (Å²) >= 11 is 0. The van der Waals surface area contributed by atoms with Crippen molar-refractivity contribution in [1.82, 2.24) is 0 Å². The van der Waals surface area contributed by atoms with Crippen molar-refractivity contribution in [1.29, 1.82) is 0 Å². The van der Waals surface area contributed by atoms with E-state index in [0.29, 0.717) is 0 Å². The van der Waals surface area contributed by atoms with Crippen LogP contribution in [0, 0.1) is 6.42 Å². The van der Waals surface area contributed by atoms with Gasteiger partial charge in [-0.25, -0.2) is 0 Å². The highest BCUT2D eigenvalue weighted by Gasteiger charge is 2.16. The molecule has 0 amide bonds. The van der Waals surface area contributed by atoms with E-state index in [-0.39, 0.29) is 0 Å². The Morgan fingerprint density at radius 1 is 0.476 bits per heavy atom. The van der Waals surface area contributed by atoms with E-state index in [1.165, 1.54) is 33.4 Å². The molecule has 0 saturated heterocycles. The normalized spacial score (nSPS) is 12.9. The maximum Gasteiger partial charge on any atom is 0.0211 e. The fraction of sp³-hybridized carbons (Fsp3) is 0. The summed E-state index contributed by atoms with van der Waals surface area (Å²) < 4.78 is 0. The first-order valence-corrected chi connectivity index (χ1v) is 7.22. The summed E-state index contributed by atoms with van der Waals surface area (Å²) in [4.78, 5) is 0. The van der Waals surface area contributed by atoms with Gasteiger partial charge >= 0.3 is 0 Å². The Hall–Kier alpha value is -2.60. The summed E-state index contributed by atoms with van der Waals surface area (Å²) in [5.41, 5.74) is 7.73. The molecule has 1 radical (unpaired) electrons. The first-order valence-electron chi connectivity index (χ1n) is 7.22. The Kier molecular flexibility index (Phi) is 2.93. The lowest BCUT2D eigenvalue weighted by Crippen LogP contribution is -1.88. The minimum absolute atomic E-state index is 1.26. The average molecular weight is 267 g/mol. The predicted molar refractivity (Wildman–Crippen MR) is 89.6 cm³/mol. The van der Waals surface area contributed by atoms with Gasteiger partial charge in [-0.1, -0.05) is 84.9 Å². The molecule has 1 aliphatic carbocycles. The fourth-order valence-electron chi connectivity index (χ4n) is 2.91. The fourth-order valence-corrected chi connectivity index (χ4v) is 2.91. The van der Waals surface area contributed by atoms with E-state index in [1.54, 1.807) is 0 Å². The Labute approximate surface area is 125 Å². The van der Waals surface area contributed by atoms with Crippen LogP contribution < -0.4 is 0 Å². The largest absolute Gasteiger partial charge is 0.0622 e. The lowest BCUT2D eigenvalue weighted by molar-refractivity contribution is 1.52. The van der Waals surface area contributed by atoms with Crippen molar-refractivity contribution in [2.75, 3.05) is 0 Å². The van der Waals surface area contributed by atoms with Crippen LogP contribution in [-0.2, 0) is 0 Å². The van der Waals surface area contributed by atoms with Gasteiger partial charge < -0.3 is 0 Å². The zero-order valence-electron chi connectivity index (χ0n) is 11.7. The van der Waals surface area contributed by atoms with Gasteiger partial charge in [0.1, 0.15) is 0 Å². The molecule has 0 nitrogen and oxygen atoms in total. The average Bonchev–Trinajstić information content (AvgIpc) is 2.99. The molecule has 3 aromatic rings. The highest BCUT2D eigenvalue weighted by Crippen LogP contribution is 2.37. The van der Waals surface area contributed by atoms with Gasteiger partial charge in [0.05, 0.1) is 0 Å². The van der Waals surface area contributed by atoms with Crippen molar-refractivity contribution in [3.63, 3.8) is 0 Å². The van der Waals surface area contributed by atoms with E-state index in [4.69, 9.17) is 0 Å². The van der Waals surface area contributed by atoms with Crippen LogP contribution >= 0.6 is 0 Å². The molecule has 0 fully saturated rings. The zero-order chi connectivity index (χ0) is 14.1. The third-order valence-corrected chi connectivity index (χ3v) is 3.94. The van der Waals surface area contributed by atoms with Crippen molar-refractivity contribution >= 4 is 11.6 Å². The first kappa shape index (κ1) is 12.2. The molecule has 0 saturated carbocycles. The van der Waals surface area contributed by atoms with Crippen LogP contribution in [0.5, 0.6) is 0 Å². The third-order valence-electron chi connectivity index (χ3n) is 3.94. The van der Waals surface area contributed by atoms with E-state index in [0.717, 1.165) is 0 Å². The molecular weight excluding hydrogens is 252 g/mol. The van der Waals surface area contributed by atoms with Gasteiger partial charge in [0, 0.05) is 6.42 Å². The molecule has 0 bridgehead atoms. The molecule has 0 unspecified atom stereocenters. The lowest BCUT2D eigenvalue weighted by Gasteiger charge is -2.10. The van der Waals surface area contributed by atoms with Crippen molar-refractivity contribution in [3.8, 4) is 11.1 Å². The molecule has 0 atom stereocenters. The van der Waals surface area contributed by atoms with Gasteiger partial charge in [-0.3, -0.25) is 0 Å². The molecule has 0 spiro atoms. The highest BCUT2D eigenvalue weighted by molar-refractivity contribution is 5.98. The minimum Gasteiger partial charge on any atom is -0.0622 e. The van der Waals surface area contributed by atoms with Crippen LogP contribution in [0.2, 0.25) is 0 Å². The Morgan fingerprint density at radius 2 is 1.10 bits per heavy atom. The summed E-state index contributed by atoms with van der Waals surface area (Å²) in [6.45, 7) is 0. The van der Waals surface area contributed by atoms with E-state index < -0.39 is 0 Å². The number of fused-ring (bicyclic) bond motifs is 1. The summed E-state index contributed by atoms with van der Waals surface area (Å²) in [6.07, 6.45) is 4.55. The second-order valence-electron chi connectivity index (χ2n) is 5.28. The number of hydrogen-bond donors (Lipinski definition) is 0. The van der Waals surface area contributed by atoms with Crippen LogP contribution in [0.25, 0.3) is 22.8 Å². The van der Waals surface area contributed by atoms with E-state index in [2.05, 4.69) is 91.4 Å². The molecule has 99 valence electrons. The van der Waals surface area contributed by atoms with Gasteiger partial charge in [-0.05, 0) is 33.4 Å². The van der Waals surface area contributed by atoms with Crippen LogP contribution in [0.3, 0.4) is 0 Å². The molecule has 4 rings (SSSR count). The second kappa shape index (κ2) is 5.06. The second-order valence-corrected chi connectivity index (χ2v) is 5.28. The van der Waals surface area contributed by atoms with Gasteiger partial charge in [0.25, 0.3) is 0 Å². The van der Waals surface area contributed by atoms with Crippen molar-refractivity contribution in [2.24, 2.45) is 0 Å². The Balaban J connectivity index is 1.82. The van der Waals surface area contributed by atoms with Gasteiger partial charge in [-0.2, -0.15) is 0 Å². The van der Waals surface area contributed by atoms with Crippen LogP contribution in [0.4, 0.5) is 0 Å². The van der Waals surface area contributed by atoms with E-state index >= 15 is 0 Å². The summed E-state index contributed by atoms with van der Waals surface area (Å²) in [5, 5.41) is 0. The highest BCUT2D eigenvalue weighted by atomic mass is 14.2. The molecule has 0 heterocycles. The number of benzene rings is 3. The SMILES string of the molecule is [CH]1C(c2ccccc2-c2ccccc2)=Cc2ccccc21. The number of hydrogen-bond acceptors (Lipinski definition) is 0. The van der Waals surface area contributed by atoms with Crippen LogP contribution in [0.1, 0.15) is 16.7 Å². The maximum atomic E-state index is 2.27. The molecule has 3 aromatic carbocycles. The van der Waals surface area contributed by atoms with E-state index in [1.807, 2.05) is 0 Å². The molecule has 21 heavy (non-hydrogen) atoms. The number of rotatable bonds is 2. The summed E-state index contributed by atoms with van der Waals surface area (Å²) in [7, 11) is 0. The smallest absolute Gasteiger partial charge is 0.0211 e. The van der Waals surface area contributed by atoms with Gasteiger partial charge in [0.2, 0.25) is 0 Å². The Bertz CT molecular complexity index is 810. The van der Waals surface area contributed by atoms with Gasteiger partial charge in [-0.15, -0.1) is 0 Å². The molecule has 0 aromatic heterocycles. The minimum atomic E-state index is 1.26. The summed E-state index contributed by atoms with van der Waals surface area (Å²) in [6, 6.07) is 27.7. The molecule has 0 heteroatoms. The predicted octanol–water partition coefficient (Wildman–Crippen LogP) is 5.46. The van der Waals surface area contributed by atoms with Crippen LogP contribution in [0.15, 0.2) is 78.9 Å². The summed E-state index contributed by atoms with van der Waals surface area (Å²) in [5.74, 6) is 0. The first-order chi connectivity index (χ1) is 10.4. The molecule has 0 N–H and O–H groups in total. The molecule has 1 aliphatic rings. The van der Waals surface area contributed by atoms with Crippen molar-refractivity contribution in [3.05, 3.63) is 102 Å². The lowest BCUT2D eigenvalue weighted by atomic mass is 9.93. The molecule has 0 aliphatic heterocycles. The zero-order valence-corrected chi connectivity index (χ0v) is 11.7. The topological polar surface area (TPSA) is 0 Å².